The van der Waals surface area contributed by atoms with Crippen LogP contribution in [0.3, 0.4) is 0 Å². The van der Waals surface area contributed by atoms with Crippen LogP contribution < -0.4 is 5.32 Å². The molecule has 1 aliphatic heterocycles. The molecule has 33 heavy (non-hydrogen) atoms. The molecule has 2 heterocycles. The molecule has 1 fully saturated rings. The average molecular weight is 471 g/mol. The van der Waals surface area contributed by atoms with Crippen LogP contribution in [0.5, 0.6) is 0 Å². The number of anilines is 1. The van der Waals surface area contributed by atoms with E-state index in [0.717, 1.165) is 42.7 Å². The first-order valence-electron chi connectivity index (χ1n) is 10.9. The predicted octanol–water partition coefficient (Wildman–Crippen LogP) is 4.78. The first kappa shape index (κ1) is 21.6. The van der Waals surface area contributed by atoms with E-state index in [1.165, 1.54) is 10.7 Å². The highest BCUT2D eigenvalue weighted by atomic mass is 35.5. The number of benzene rings is 2. The number of nitrogens with zero attached hydrogens (tertiary/aromatic N) is 3. The zero-order chi connectivity index (χ0) is 23.1. The Morgan fingerprint density at radius 3 is 2.52 bits per heavy atom. The number of carbonyl (C=O) groups is 2. The van der Waals surface area contributed by atoms with E-state index >= 15 is 0 Å². The van der Waals surface area contributed by atoms with Gasteiger partial charge >= 0.3 is 0 Å². The van der Waals surface area contributed by atoms with Crippen molar-refractivity contribution >= 4 is 29.1 Å². The predicted molar refractivity (Wildman–Crippen MR) is 120 cm³/mol. The van der Waals surface area contributed by atoms with Crippen molar-refractivity contribution in [2.75, 3.05) is 18.4 Å². The SMILES string of the molecule is O=C(Nc1ccc(Cl)cc1C(=O)N1CCCC1)c1nn(-c2ccc(F)c(F)c2)c2c1CCC2. The van der Waals surface area contributed by atoms with Gasteiger partial charge in [-0.25, -0.2) is 13.5 Å². The van der Waals surface area contributed by atoms with Crippen LogP contribution in [0.15, 0.2) is 36.4 Å². The Hall–Kier alpha value is -3.26. The minimum absolute atomic E-state index is 0.178. The maximum absolute atomic E-state index is 13.8. The molecular formula is C24H21ClF2N4O2. The summed E-state index contributed by atoms with van der Waals surface area (Å²) < 4.78 is 28.7. The van der Waals surface area contributed by atoms with Crippen molar-refractivity contribution in [3.05, 3.63) is 75.6 Å². The third kappa shape index (κ3) is 3.99. The van der Waals surface area contributed by atoms with Crippen molar-refractivity contribution in [3.63, 3.8) is 0 Å². The number of halogens is 3. The van der Waals surface area contributed by atoms with Crippen LogP contribution in [0.4, 0.5) is 14.5 Å². The zero-order valence-electron chi connectivity index (χ0n) is 17.7. The van der Waals surface area contributed by atoms with Gasteiger partial charge in [0, 0.05) is 35.4 Å². The van der Waals surface area contributed by atoms with Crippen molar-refractivity contribution in [2.24, 2.45) is 0 Å². The van der Waals surface area contributed by atoms with Crippen molar-refractivity contribution < 1.29 is 18.4 Å². The molecule has 2 aliphatic rings. The average Bonchev–Trinajstić information content (AvgIpc) is 3.54. The number of hydrogen-bond acceptors (Lipinski definition) is 3. The highest BCUT2D eigenvalue weighted by Gasteiger charge is 2.29. The standard InChI is InChI=1S/C24H21ClF2N4O2/c25-14-6-9-20(17(12-14)24(33)30-10-1-2-11-30)28-23(32)22-16-4-3-5-21(16)31(29-22)15-7-8-18(26)19(27)13-15/h6-9,12-13H,1-5,10-11H2,(H,28,32). The summed E-state index contributed by atoms with van der Waals surface area (Å²) >= 11 is 6.14. The van der Waals surface area contributed by atoms with E-state index in [4.69, 9.17) is 11.6 Å². The molecule has 5 rings (SSSR count). The van der Waals surface area contributed by atoms with Crippen LogP contribution in [-0.2, 0) is 12.8 Å². The Morgan fingerprint density at radius 2 is 1.76 bits per heavy atom. The Morgan fingerprint density at radius 1 is 0.970 bits per heavy atom. The molecule has 0 bridgehead atoms. The lowest BCUT2D eigenvalue weighted by Gasteiger charge is -2.18. The van der Waals surface area contributed by atoms with E-state index in [0.29, 0.717) is 47.9 Å². The Bertz CT molecular complexity index is 1270. The van der Waals surface area contributed by atoms with Gasteiger partial charge in [-0.3, -0.25) is 9.59 Å². The van der Waals surface area contributed by atoms with Gasteiger partial charge in [-0.2, -0.15) is 5.10 Å². The number of aromatic nitrogens is 2. The van der Waals surface area contributed by atoms with Gasteiger partial charge in [-0.05, 0) is 62.4 Å². The summed E-state index contributed by atoms with van der Waals surface area (Å²) in [5.74, 6) is -2.57. The summed E-state index contributed by atoms with van der Waals surface area (Å²) in [6.45, 7) is 1.34. The Balaban J connectivity index is 1.48. The van der Waals surface area contributed by atoms with Gasteiger partial charge in [-0.1, -0.05) is 11.6 Å². The van der Waals surface area contributed by atoms with Crippen molar-refractivity contribution in [1.29, 1.82) is 0 Å². The molecule has 1 saturated heterocycles. The van der Waals surface area contributed by atoms with Crippen molar-refractivity contribution in [2.45, 2.75) is 32.1 Å². The lowest BCUT2D eigenvalue weighted by atomic mass is 10.1. The second-order valence-electron chi connectivity index (χ2n) is 8.28. The monoisotopic (exact) mass is 470 g/mol. The topological polar surface area (TPSA) is 67.2 Å². The lowest BCUT2D eigenvalue weighted by molar-refractivity contribution is 0.0794. The van der Waals surface area contributed by atoms with Gasteiger partial charge < -0.3 is 10.2 Å². The summed E-state index contributed by atoms with van der Waals surface area (Å²) in [5.41, 5.74) is 2.82. The number of fused-ring (bicyclic) bond motifs is 1. The molecule has 1 N–H and O–H groups in total. The second kappa shape index (κ2) is 8.59. The normalized spacial score (nSPS) is 15.1. The molecule has 1 aliphatic carbocycles. The smallest absolute Gasteiger partial charge is 0.276 e. The van der Waals surface area contributed by atoms with E-state index in [-0.39, 0.29) is 11.6 Å². The molecule has 2 amide bonds. The van der Waals surface area contributed by atoms with Crippen LogP contribution in [-0.4, -0.2) is 39.6 Å². The summed E-state index contributed by atoms with van der Waals surface area (Å²) in [4.78, 5) is 28.0. The summed E-state index contributed by atoms with van der Waals surface area (Å²) in [6, 6.07) is 8.31. The summed E-state index contributed by atoms with van der Waals surface area (Å²) in [7, 11) is 0. The van der Waals surface area contributed by atoms with Gasteiger partial charge in [0.2, 0.25) is 0 Å². The molecule has 170 valence electrons. The number of nitrogens with one attached hydrogen (secondary N) is 1. The second-order valence-corrected chi connectivity index (χ2v) is 8.72. The maximum Gasteiger partial charge on any atom is 0.276 e. The number of rotatable bonds is 4. The highest BCUT2D eigenvalue weighted by Crippen LogP contribution is 2.30. The third-order valence-electron chi connectivity index (χ3n) is 6.15. The summed E-state index contributed by atoms with van der Waals surface area (Å²) in [6.07, 6.45) is 4.05. The van der Waals surface area contributed by atoms with Gasteiger partial charge in [0.1, 0.15) is 0 Å². The zero-order valence-corrected chi connectivity index (χ0v) is 18.5. The number of hydrogen-bond donors (Lipinski definition) is 1. The fraction of sp³-hybridized carbons (Fsp3) is 0.292. The summed E-state index contributed by atoms with van der Waals surface area (Å²) in [5, 5.41) is 7.65. The van der Waals surface area contributed by atoms with Crippen LogP contribution >= 0.6 is 11.6 Å². The fourth-order valence-corrected chi connectivity index (χ4v) is 4.70. The first-order valence-corrected chi connectivity index (χ1v) is 11.3. The lowest BCUT2D eigenvalue weighted by Crippen LogP contribution is -2.29. The molecule has 0 unspecified atom stereocenters. The van der Waals surface area contributed by atoms with Crippen LogP contribution in [0.25, 0.3) is 5.69 Å². The molecule has 2 aromatic carbocycles. The maximum atomic E-state index is 13.8. The number of amides is 2. The first-order chi connectivity index (χ1) is 15.9. The minimum atomic E-state index is -0.980. The number of likely N-dealkylation sites (tertiary alicyclic amines) is 1. The largest absolute Gasteiger partial charge is 0.339 e. The highest BCUT2D eigenvalue weighted by molar-refractivity contribution is 6.31. The van der Waals surface area contributed by atoms with Gasteiger partial charge in [0.15, 0.2) is 17.3 Å². The molecule has 0 atom stereocenters. The minimum Gasteiger partial charge on any atom is -0.339 e. The van der Waals surface area contributed by atoms with E-state index in [9.17, 15) is 18.4 Å². The molecule has 0 spiro atoms. The third-order valence-corrected chi connectivity index (χ3v) is 6.38. The number of carbonyl (C=O) groups excluding carboxylic acids is 2. The molecule has 0 saturated carbocycles. The van der Waals surface area contributed by atoms with Gasteiger partial charge in [-0.15, -0.1) is 0 Å². The van der Waals surface area contributed by atoms with Gasteiger partial charge in [0.05, 0.1) is 16.9 Å². The van der Waals surface area contributed by atoms with Crippen LogP contribution in [0, 0.1) is 11.6 Å². The molecule has 3 aromatic rings. The Labute approximate surface area is 194 Å². The van der Waals surface area contributed by atoms with E-state index in [1.54, 1.807) is 23.1 Å². The van der Waals surface area contributed by atoms with E-state index < -0.39 is 17.5 Å². The van der Waals surface area contributed by atoms with Crippen LogP contribution in [0.2, 0.25) is 5.02 Å². The molecule has 0 radical (unpaired) electrons. The molecule has 9 heteroatoms. The molecule has 1 aromatic heterocycles. The molecule has 6 nitrogen and oxygen atoms in total. The Kier molecular flexibility index (Phi) is 5.62. The van der Waals surface area contributed by atoms with Crippen molar-refractivity contribution in [1.82, 2.24) is 14.7 Å². The van der Waals surface area contributed by atoms with E-state index in [2.05, 4.69) is 10.4 Å². The fourth-order valence-electron chi connectivity index (χ4n) is 4.52. The van der Waals surface area contributed by atoms with Crippen LogP contribution in [0.1, 0.15) is 51.4 Å². The molecular weight excluding hydrogens is 450 g/mol. The quantitative estimate of drug-likeness (QED) is 0.596. The van der Waals surface area contributed by atoms with E-state index in [1.807, 2.05) is 0 Å². The van der Waals surface area contributed by atoms with Gasteiger partial charge in [0.25, 0.3) is 11.8 Å². The van der Waals surface area contributed by atoms with Crippen molar-refractivity contribution in [3.8, 4) is 5.69 Å².